The van der Waals surface area contributed by atoms with Crippen LogP contribution in [0, 0.1) is 0 Å². The summed E-state index contributed by atoms with van der Waals surface area (Å²) >= 11 is 0. The molecule has 0 aliphatic rings. The van der Waals surface area contributed by atoms with Gasteiger partial charge in [0.25, 0.3) is 0 Å². The van der Waals surface area contributed by atoms with Gasteiger partial charge in [0.1, 0.15) is 5.75 Å². The lowest BCUT2D eigenvalue weighted by Gasteiger charge is -2.17. The van der Waals surface area contributed by atoms with Crippen LogP contribution in [0.2, 0.25) is 0 Å². The van der Waals surface area contributed by atoms with Crippen LogP contribution in [-0.2, 0) is 10.0 Å². The standard InChI is InChI=1S/C16H28N4O3S/c1-5-20(6-2)24(21,22)12-11-18-16(17)19-14-7-9-15(10-8-14)23-13(3)4/h7-10,13H,5-6,11-12H2,1-4H3,(H3,17,18,19). The van der Waals surface area contributed by atoms with E-state index in [4.69, 9.17) is 10.5 Å². The Balaban J connectivity index is 2.55. The number of ether oxygens (including phenoxy) is 1. The fourth-order valence-corrected chi connectivity index (χ4v) is 3.47. The molecule has 1 aromatic carbocycles. The molecule has 0 saturated heterocycles. The van der Waals surface area contributed by atoms with E-state index in [-0.39, 0.29) is 24.4 Å². The highest BCUT2D eigenvalue weighted by Gasteiger charge is 2.17. The molecule has 0 saturated carbocycles. The molecule has 0 bridgehead atoms. The van der Waals surface area contributed by atoms with Crippen LogP contribution in [0.4, 0.5) is 5.69 Å². The number of rotatable bonds is 9. The predicted octanol–water partition coefficient (Wildman–Crippen LogP) is 1.87. The summed E-state index contributed by atoms with van der Waals surface area (Å²) in [5.74, 6) is 0.900. The maximum Gasteiger partial charge on any atom is 0.215 e. The van der Waals surface area contributed by atoms with Crippen molar-refractivity contribution in [1.29, 1.82) is 0 Å². The monoisotopic (exact) mass is 356 g/mol. The third-order valence-corrected chi connectivity index (χ3v) is 5.23. The molecule has 1 aromatic rings. The van der Waals surface area contributed by atoms with E-state index >= 15 is 0 Å². The summed E-state index contributed by atoms with van der Waals surface area (Å²) < 4.78 is 31.1. The molecule has 0 aromatic heterocycles. The number of hydrogen-bond acceptors (Lipinski definition) is 4. The number of nitrogens with one attached hydrogen (secondary N) is 1. The zero-order valence-electron chi connectivity index (χ0n) is 14.8. The highest BCUT2D eigenvalue weighted by atomic mass is 32.2. The summed E-state index contributed by atoms with van der Waals surface area (Å²) in [6.45, 7) is 8.58. The van der Waals surface area contributed by atoms with Gasteiger partial charge in [-0.05, 0) is 38.1 Å². The summed E-state index contributed by atoms with van der Waals surface area (Å²) in [5, 5.41) is 2.93. The van der Waals surface area contributed by atoms with Crippen molar-refractivity contribution in [3.8, 4) is 5.75 Å². The molecule has 136 valence electrons. The van der Waals surface area contributed by atoms with Crippen molar-refractivity contribution in [2.24, 2.45) is 10.7 Å². The van der Waals surface area contributed by atoms with Crippen LogP contribution in [0.15, 0.2) is 29.3 Å². The molecule has 7 nitrogen and oxygen atoms in total. The Labute approximate surface area is 145 Å². The van der Waals surface area contributed by atoms with Crippen LogP contribution in [0.3, 0.4) is 0 Å². The zero-order chi connectivity index (χ0) is 18.2. The van der Waals surface area contributed by atoms with Gasteiger partial charge in [0, 0.05) is 18.8 Å². The summed E-state index contributed by atoms with van der Waals surface area (Å²) in [6.07, 6.45) is 0.114. The van der Waals surface area contributed by atoms with Gasteiger partial charge in [-0.15, -0.1) is 0 Å². The Morgan fingerprint density at radius 3 is 2.33 bits per heavy atom. The molecule has 0 aliphatic carbocycles. The summed E-state index contributed by atoms with van der Waals surface area (Å²) in [7, 11) is -3.28. The van der Waals surface area contributed by atoms with Crippen LogP contribution >= 0.6 is 0 Å². The Bertz CT molecular complexity index is 623. The average Bonchev–Trinajstić information content (AvgIpc) is 2.49. The maximum absolute atomic E-state index is 12.0. The Morgan fingerprint density at radius 1 is 1.25 bits per heavy atom. The number of nitrogens with two attached hydrogens (primary N) is 1. The Kier molecular flexibility index (Phi) is 8.00. The number of anilines is 1. The number of aliphatic imine (C=N–C) groups is 1. The summed E-state index contributed by atoms with van der Waals surface area (Å²) in [4.78, 5) is 4.07. The van der Waals surface area contributed by atoms with Crippen molar-refractivity contribution in [3.63, 3.8) is 0 Å². The van der Waals surface area contributed by atoms with Gasteiger partial charge in [0.15, 0.2) is 5.96 Å². The van der Waals surface area contributed by atoms with E-state index < -0.39 is 10.0 Å². The molecule has 1 rings (SSSR count). The van der Waals surface area contributed by atoms with Gasteiger partial charge < -0.3 is 15.8 Å². The molecular formula is C16H28N4O3S. The number of guanidine groups is 1. The minimum absolute atomic E-state index is 0.0573. The smallest absolute Gasteiger partial charge is 0.215 e. The first-order chi connectivity index (χ1) is 11.3. The first-order valence-electron chi connectivity index (χ1n) is 8.10. The van der Waals surface area contributed by atoms with E-state index in [0.29, 0.717) is 13.1 Å². The zero-order valence-corrected chi connectivity index (χ0v) is 15.6. The van der Waals surface area contributed by atoms with Gasteiger partial charge in [-0.2, -0.15) is 0 Å². The SMILES string of the molecule is CCN(CC)S(=O)(=O)CCN=C(N)Nc1ccc(OC(C)C)cc1. The Morgan fingerprint density at radius 2 is 1.83 bits per heavy atom. The molecule has 0 spiro atoms. The summed E-state index contributed by atoms with van der Waals surface area (Å²) in [6, 6.07) is 7.32. The predicted molar refractivity (Wildman–Crippen MR) is 99.0 cm³/mol. The van der Waals surface area contributed by atoms with Crippen LogP contribution in [0.5, 0.6) is 5.75 Å². The van der Waals surface area contributed by atoms with Crippen molar-refractivity contribution in [2.45, 2.75) is 33.8 Å². The van der Waals surface area contributed by atoms with Crippen molar-refractivity contribution < 1.29 is 13.2 Å². The third kappa shape index (κ3) is 6.76. The lowest BCUT2D eigenvalue weighted by molar-refractivity contribution is 0.242. The quantitative estimate of drug-likeness (QED) is 0.520. The van der Waals surface area contributed by atoms with Gasteiger partial charge in [0.2, 0.25) is 10.0 Å². The molecule has 8 heteroatoms. The van der Waals surface area contributed by atoms with Crippen molar-refractivity contribution in [1.82, 2.24) is 4.31 Å². The maximum atomic E-state index is 12.0. The second-order valence-electron chi connectivity index (χ2n) is 5.48. The lowest BCUT2D eigenvalue weighted by atomic mass is 10.3. The second-order valence-corrected chi connectivity index (χ2v) is 7.57. The molecule has 0 unspecified atom stereocenters. The van der Waals surface area contributed by atoms with Crippen molar-refractivity contribution in [3.05, 3.63) is 24.3 Å². The normalized spacial score (nSPS) is 12.7. The molecular weight excluding hydrogens is 328 g/mol. The fraction of sp³-hybridized carbons (Fsp3) is 0.562. The fourth-order valence-electron chi connectivity index (χ4n) is 2.10. The van der Waals surface area contributed by atoms with Crippen LogP contribution < -0.4 is 15.8 Å². The highest BCUT2D eigenvalue weighted by Crippen LogP contribution is 2.16. The van der Waals surface area contributed by atoms with E-state index in [9.17, 15) is 8.42 Å². The molecule has 0 aliphatic heterocycles. The number of sulfonamides is 1. The van der Waals surface area contributed by atoms with Gasteiger partial charge in [-0.1, -0.05) is 13.8 Å². The molecule has 3 N–H and O–H groups in total. The van der Waals surface area contributed by atoms with Gasteiger partial charge >= 0.3 is 0 Å². The molecule has 0 heterocycles. The van der Waals surface area contributed by atoms with Crippen LogP contribution in [0.25, 0.3) is 0 Å². The van der Waals surface area contributed by atoms with E-state index in [2.05, 4.69) is 10.3 Å². The minimum Gasteiger partial charge on any atom is -0.491 e. The van der Waals surface area contributed by atoms with E-state index in [1.807, 2.05) is 52.0 Å². The van der Waals surface area contributed by atoms with Crippen LogP contribution in [-0.4, -0.2) is 50.2 Å². The highest BCUT2D eigenvalue weighted by molar-refractivity contribution is 7.89. The van der Waals surface area contributed by atoms with Crippen molar-refractivity contribution in [2.75, 3.05) is 30.7 Å². The topological polar surface area (TPSA) is 97.0 Å². The van der Waals surface area contributed by atoms with Crippen molar-refractivity contribution >= 4 is 21.7 Å². The summed E-state index contributed by atoms with van der Waals surface area (Å²) in [5.41, 5.74) is 6.56. The van der Waals surface area contributed by atoms with Gasteiger partial charge in [-0.25, -0.2) is 12.7 Å². The van der Waals surface area contributed by atoms with Gasteiger partial charge in [0.05, 0.1) is 18.4 Å². The largest absolute Gasteiger partial charge is 0.491 e. The van der Waals surface area contributed by atoms with E-state index in [1.165, 1.54) is 4.31 Å². The molecule has 0 fully saturated rings. The molecule has 24 heavy (non-hydrogen) atoms. The Hall–Kier alpha value is -1.80. The van der Waals surface area contributed by atoms with Gasteiger partial charge in [-0.3, -0.25) is 4.99 Å². The number of benzene rings is 1. The average molecular weight is 356 g/mol. The minimum atomic E-state index is -3.28. The lowest BCUT2D eigenvalue weighted by Crippen LogP contribution is -2.34. The number of hydrogen-bond donors (Lipinski definition) is 2. The van der Waals surface area contributed by atoms with Crippen LogP contribution in [0.1, 0.15) is 27.7 Å². The molecule has 0 radical (unpaired) electrons. The molecule has 0 atom stereocenters. The van der Waals surface area contributed by atoms with E-state index in [0.717, 1.165) is 11.4 Å². The first kappa shape index (κ1) is 20.2. The number of nitrogens with zero attached hydrogens (tertiary/aromatic N) is 2. The second kappa shape index (κ2) is 9.48. The van der Waals surface area contributed by atoms with E-state index in [1.54, 1.807) is 0 Å². The third-order valence-electron chi connectivity index (χ3n) is 3.23. The molecule has 0 amide bonds. The first-order valence-corrected chi connectivity index (χ1v) is 9.70.